The van der Waals surface area contributed by atoms with Crippen molar-refractivity contribution >= 4 is 28.4 Å². The molecule has 0 spiro atoms. The summed E-state index contributed by atoms with van der Waals surface area (Å²) in [4.78, 5) is 25.9. The molecule has 1 saturated carbocycles. The van der Waals surface area contributed by atoms with Crippen molar-refractivity contribution in [1.82, 2.24) is 15.0 Å². The minimum atomic E-state index is -0.587. The highest BCUT2D eigenvalue weighted by Gasteiger charge is 2.35. The highest BCUT2D eigenvalue weighted by molar-refractivity contribution is 5.93. The number of esters is 1. The van der Waals surface area contributed by atoms with Crippen molar-refractivity contribution in [3.8, 4) is 5.88 Å². The number of cyclic esters (lactones) is 1. The first-order valence-electron chi connectivity index (χ1n) is 10.8. The zero-order chi connectivity index (χ0) is 22.7. The van der Waals surface area contributed by atoms with Crippen molar-refractivity contribution in [2.24, 2.45) is 5.73 Å². The molecule has 166 valence electrons. The molecule has 2 aliphatic rings. The molecule has 1 aliphatic heterocycles. The maximum Gasteiger partial charge on any atom is 0.340 e. The van der Waals surface area contributed by atoms with Crippen LogP contribution in [-0.4, -0.2) is 33.6 Å². The highest BCUT2D eigenvalue weighted by atomic mass is 16.5. The number of fused-ring (bicyclic) bond motifs is 2. The van der Waals surface area contributed by atoms with Crippen LogP contribution in [0.2, 0.25) is 0 Å². The average Bonchev–Trinajstić information content (AvgIpc) is 3.54. The van der Waals surface area contributed by atoms with Crippen LogP contribution in [0.3, 0.4) is 0 Å². The molecule has 1 fully saturated rings. The molecule has 0 radical (unpaired) electrons. The number of hydrogen-bond acceptors (Lipinski definition) is 8. The number of aromatic nitrogens is 3. The summed E-state index contributed by atoms with van der Waals surface area (Å²) in [5.41, 5.74) is 7.60. The van der Waals surface area contributed by atoms with Crippen molar-refractivity contribution < 1.29 is 14.3 Å². The number of ether oxygens (including phenoxy) is 2. The van der Waals surface area contributed by atoms with Gasteiger partial charge in [0.05, 0.1) is 16.6 Å². The van der Waals surface area contributed by atoms with Crippen molar-refractivity contribution in [3.05, 3.63) is 47.4 Å². The van der Waals surface area contributed by atoms with Gasteiger partial charge < -0.3 is 20.5 Å². The second-order valence-corrected chi connectivity index (χ2v) is 9.81. The first kappa shape index (κ1) is 20.6. The first-order valence-corrected chi connectivity index (χ1v) is 10.8. The van der Waals surface area contributed by atoms with E-state index in [1.54, 1.807) is 24.5 Å². The molecule has 0 bridgehead atoms. The Morgan fingerprint density at radius 3 is 2.66 bits per heavy atom. The largest absolute Gasteiger partial charge is 0.474 e. The molecule has 0 aromatic carbocycles. The summed E-state index contributed by atoms with van der Waals surface area (Å²) in [7, 11) is 0. The SMILES string of the molecule is CC(C)(N)c1cnc(OC2CC2)c2cnc(Nc3ccc4c(n3)C(C)(C)COC4=O)cc12. The maximum atomic E-state index is 12.1. The van der Waals surface area contributed by atoms with Gasteiger partial charge in [0, 0.05) is 23.3 Å². The number of nitrogens with zero attached hydrogens (tertiary/aromatic N) is 3. The summed E-state index contributed by atoms with van der Waals surface area (Å²) in [6.45, 7) is 8.21. The lowest BCUT2D eigenvalue weighted by atomic mass is 9.85. The molecule has 5 rings (SSSR count). The van der Waals surface area contributed by atoms with Crippen molar-refractivity contribution in [2.45, 2.75) is 57.6 Å². The van der Waals surface area contributed by atoms with Crippen LogP contribution in [0.15, 0.2) is 30.6 Å². The molecule has 32 heavy (non-hydrogen) atoms. The number of rotatable bonds is 5. The van der Waals surface area contributed by atoms with E-state index in [2.05, 4.69) is 15.3 Å². The Balaban J connectivity index is 1.54. The molecule has 8 nitrogen and oxygen atoms in total. The number of carbonyl (C=O) groups is 1. The van der Waals surface area contributed by atoms with Gasteiger partial charge >= 0.3 is 5.97 Å². The van der Waals surface area contributed by atoms with Crippen LogP contribution in [0.25, 0.3) is 10.8 Å². The average molecular weight is 434 g/mol. The van der Waals surface area contributed by atoms with E-state index in [0.717, 1.165) is 29.2 Å². The Labute approximate surface area is 186 Å². The van der Waals surface area contributed by atoms with E-state index in [9.17, 15) is 4.79 Å². The fourth-order valence-corrected chi connectivity index (χ4v) is 3.86. The van der Waals surface area contributed by atoms with E-state index in [0.29, 0.717) is 35.4 Å². The van der Waals surface area contributed by atoms with Crippen LogP contribution in [-0.2, 0) is 15.7 Å². The lowest BCUT2D eigenvalue weighted by Crippen LogP contribution is -2.35. The minimum Gasteiger partial charge on any atom is -0.474 e. The standard InChI is InChI=1S/C24H27N5O3/c1-23(2)12-31-22(30)14-7-8-18(29-20(14)23)28-19-9-15-16(10-26-19)21(32-13-5-6-13)27-11-17(15)24(3,4)25/h7-11,13H,5-6,12,25H2,1-4H3,(H,26,28,29). The van der Waals surface area contributed by atoms with Gasteiger partial charge in [-0.2, -0.15) is 0 Å². The monoisotopic (exact) mass is 433 g/mol. The van der Waals surface area contributed by atoms with E-state index >= 15 is 0 Å². The Bertz CT molecular complexity index is 1230. The predicted molar refractivity (Wildman–Crippen MR) is 121 cm³/mol. The quantitative estimate of drug-likeness (QED) is 0.582. The van der Waals surface area contributed by atoms with E-state index in [1.807, 2.05) is 33.8 Å². The third kappa shape index (κ3) is 3.75. The second-order valence-electron chi connectivity index (χ2n) is 9.81. The number of carbonyl (C=O) groups excluding carboxylic acids is 1. The molecule has 0 atom stereocenters. The fourth-order valence-electron chi connectivity index (χ4n) is 3.86. The molecule has 0 unspecified atom stereocenters. The summed E-state index contributed by atoms with van der Waals surface area (Å²) >= 11 is 0. The Hall–Kier alpha value is -3.26. The Morgan fingerprint density at radius 1 is 1.16 bits per heavy atom. The van der Waals surface area contributed by atoms with E-state index < -0.39 is 5.54 Å². The van der Waals surface area contributed by atoms with Crippen LogP contribution in [0.4, 0.5) is 11.6 Å². The van der Waals surface area contributed by atoms with Gasteiger partial charge in [0.15, 0.2) is 0 Å². The molecule has 8 heteroatoms. The zero-order valence-electron chi connectivity index (χ0n) is 18.7. The zero-order valence-corrected chi connectivity index (χ0v) is 18.7. The third-order valence-corrected chi connectivity index (χ3v) is 5.81. The van der Waals surface area contributed by atoms with Crippen molar-refractivity contribution in [1.29, 1.82) is 0 Å². The molecular weight excluding hydrogens is 406 g/mol. The van der Waals surface area contributed by atoms with Gasteiger partial charge in [-0.3, -0.25) is 0 Å². The molecule has 3 aromatic heterocycles. The van der Waals surface area contributed by atoms with Gasteiger partial charge in [-0.1, -0.05) is 13.8 Å². The van der Waals surface area contributed by atoms with Gasteiger partial charge in [-0.25, -0.2) is 19.7 Å². The van der Waals surface area contributed by atoms with E-state index in [4.69, 9.17) is 20.2 Å². The summed E-state index contributed by atoms with van der Waals surface area (Å²) in [6.07, 6.45) is 5.88. The smallest absolute Gasteiger partial charge is 0.340 e. The molecule has 3 aromatic rings. The summed E-state index contributed by atoms with van der Waals surface area (Å²) in [6, 6.07) is 5.45. The van der Waals surface area contributed by atoms with E-state index in [-0.39, 0.29) is 17.5 Å². The van der Waals surface area contributed by atoms with Crippen LogP contribution in [0.1, 0.15) is 62.2 Å². The number of anilines is 2. The lowest BCUT2D eigenvalue weighted by molar-refractivity contribution is 0.0366. The number of pyridine rings is 3. The third-order valence-electron chi connectivity index (χ3n) is 5.81. The van der Waals surface area contributed by atoms with Gasteiger partial charge in [0.25, 0.3) is 0 Å². The topological polar surface area (TPSA) is 112 Å². The number of nitrogens with two attached hydrogens (primary N) is 1. The van der Waals surface area contributed by atoms with Crippen molar-refractivity contribution in [2.75, 3.05) is 11.9 Å². The molecule has 3 N–H and O–H groups in total. The van der Waals surface area contributed by atoms with Crippen LogP contribution >= 0.6 is 0 Å². The van der Waals surface area contributed by atoms with Crippen LogP contribution in [0.5, 0.6) is 5.88 Å². The first-order chi connectivity index (χ1) is 15.1. The van der Waals surface area contributed by atoms with E-state index in [1.165, 1.54) is 0 Å². The normalized spacial score (nSPS) is 17.6. The lowest BCUT2D eigenvalue weighted by Gasteiger charge is -2.30. The van der Waals surface area contributed by atoms with Gasteiger partial charge in [0.2, 0.25) is 5.88 Å². The molecule has 4 heterocycles. The van der Waals surface area contributed by atoms with Gasteiger partial charge in [-0.05, 0) is 55.8 Å². The van der Waals surface area contributed by atoms with Crippen molar-refractivity contribution in [3.63, 3.8) is 0 Å². The Morgan fingerprint density at radius 2 is 1.94 bits per heavy atom. The molecule has 1 aliphatic carbocycles. The van der Waals surface area contributed by atoms with Gasteiger partial charge in [0.1, 0.15) is 24.3 Å². The van der Waals surface area contributed by atoms with Crippen LogP contribution in [0, 0.1) is 0 Å². The molecule has 0 amide bonds. The number of nitrogens with one attached hydrogen (secondary N) is 1. The maximum absolute atomic E-state index is 12.1. The highest BCUT2D eigenvalue weighted by Crippen LogP contribution is 2.36. The van der Waals surface area contributed by atoms with Gasteiger partial charge in [-0.15, -0.1) is 0 Å². The fraction of sp³-hybridized carbons (Fsp3) is 0.417. The Kier molecular flexibility index (Phi) is 4.60. The summed E-state index contributed by atoms with van der Waals surface area (Å²) in [5.74, 6) is 1.47. The molecule has 0 saturated heterocycles. The summed E-state index contributed by atoms with van der Waals surface area (Å²) < 4.78 is 11.3. The van der Waals surface area contributed by atoms with Crippen LogP contribution < -0.4 is 15.8 Å². The number of hydrogen-bond donors (Lipinski definition) is 2. The second kappa shape index (κ2) is 7.13. The summed E-state index contributed by atoms with van der Waals surface area (Å²) in [5, 5.41) is 5.04. The minimum absolute atomic E-state index is 0.231. The predicted octanol–water partition coefficient (Wildman–Crippen LogP) is 3.95. The molecular formula is C24H27N5O3.